The number of aromatic nitrogens is 3. The lowest BCUT2D eigenvalue weighted by Crippen LogP contribution is -2.20. The van der Waals surface area contributed by atoms with Crippen LogP contribution in [0.5, 0.6) is 0 Å². The number of carbonyl (C=O) groups excluding carboxylic acids is 2. The summed E-state index contributed by atoms with van der Waals surface area (Å²) in [7, 11) is 0. The van der Waals surface area contributed by atoms with Gasteiger partial charge in [-0.25, -0.2) is 0 Å². The Morgan fingerprint density at radius 1 is 1.45 bits per heavy atom. The standard InChI is InChI=1S/C13H14N4O5/c1-8-13(17(20)21)9(2)16(15-8)6-12(19)22-7-11(18)10-4-3-5-14-10/h3-5,14H,6-7H2,1-2H3. The Bertz CT molecular complexity index is 717. The number of nitrogens with zero attached hydrogens (tertiary/aromatic N) is 3. The molecule has 2 aromatic heterocycles. The van der Waals surface area contributed by atoms with E-state index in [9.17, 15) is 19.7 Å². The summed E-state index contributed by atoms with van der Waals surface area (Å²) in [5, 5.41) is 14.8. The number of ketones is 1. The SMILES string of the molecule is Cc1nn(CC(=O)OCC(=O)c2ccc[nH]2)c(C)c1[N+](=O)[O-]. The number of carbonyl (C=O) groups is 2. The zero-order valence-electron chi connectivity index (χ0n) is 12.0. The fourth-order valence-electron chi connectivity index (χ4n) is 2.00. The quantitative estimate of drug-likeness (QED) is 0.370. The first kappa shape index (κ1) is 15.4. The van der Waals surface area contributed by atoms with Gasteiger partial charge in [0.2, 0.25) is 5.78 Å². The predicted molar refractivity (Wildman–Crippen MR) is 74.4 cm³/mol. The maximum atomic E-state index is 11.7. The molecule has 116 valence electrons. The average molecular weight is 306 g/mol. The second-order valence-corrected chi connectivity index (χ2v) is 4.60. The lowest BCUT2D eigenvalue weighted by Gasteiger charge is -2.05. The van der Waals surface area contributed by atoms with Gasteiger partial charge in [0, 0.05) is 6.20 Å². The molecule has 0 atom stereocenters. The molecule has 0 amide bonds. The molecular weight excluding hydrogens is 292 g/mol. The molecule has 0 unspecified atom stereocenters. The van der Waals surface area contributed by atoms with E-state index in [1.54, 1.807) is 18.3 Å². The number of esters is 1. The molecule has 0 radical (unpaired) electrons. The van der Waals surface area contributed by atoms with Crippen LogP contribution in [0.2, 0.25) is 0 Å². The Labute approximate surface area is 125 Å². The highest BCUT2D eigenvalue weighted by molar-refractivity contribution is 5.96. The van der Waals surface area contributed by atoms with E-state index in [-0.39, 0.29) is 29.4 Å². The number of Topliss-reactive ketones (excluding diaryl/α,β-unsaturated/α-hetero) is 1. The molecule has 0 saturated heterocycles. The minimum absolute atomic E-state index is 0.129. The minimum atomic E-state index is -0.694. The van der Waals surface area contributed by atoms with Crippen molar-refractivity contribution >= 4 is 17.4 Å². The van der Waals surface area contributed by atoms with Crippen molar-refractivity contribution in [2.24, 2.45) is 0 Å². The van der Waals surface area contributed by atoms with E-state index in [2.05, 4.69) is 10.1 Å². The summed E-state index contributed by atoms with van der Waals surface area (Å²) in [6.45, 7) is 2.29. The molecule has 2 rings (SSSR count). The van der Waals surface area contributed by atoms with Crippen molar-refractivity contribution in [1.29, 1.82) is 0 Å². The van der Waals surface area contributed by atoms with Crippen molar-refractivity contribution in [1.82, 2.24) is 14.8 Å². The van der Waals surface area contributed by atoms with Gasteiger partial charge in [-0.05, 0) is 26.0 Å². The number of nitro groups is 1. The van der Waals surface area contributed by atoms with Gasteiger partial charge in [0.25, 0.3) is 0 Å². The summed E-state index contributed by atoms with van der Waals surface area (Å²) >= 11 is 0. The first-order valence-electron chi connectivity index (χ1n) is 6.40. The van der Waals surface area contributed by atoms with E-state index < -0.39 is 17.5 Å². The van der Waals surface area contributed by atoms with Crippen LogP contribution in [-0.2, 0) is 16.1 Å². The Hall–Kier alpha value is -2.97. The molecule has 0 spiro atoms. The monoisotopic (exact) mass is 306 g/mol. The highest BCUT2D eigenvalue weighted by Crippen LogP contribution is 2.21. The number of hydrogen-bond acceptors (Lipinski definition) is 6. The molecule has 0 aliphatic carbocycles. The summed E-state index contributed by atoms with van der Waals surface area (Å²) in [6, 6.07) is 3.23. The largest absolute Gasteiger partial charge is 0.456 e. The maximum absolute atomic E-state index is 11.7. The Kier molecular flexibility index (Phi) is 4.35. The molecule has 22 heavy (non-hydrogen) atoms. The summed E-state index contributed by atoms with van der Waals surface area (Å²) in [5.74, 6) is -1.06. The molecular formula is C13H14N4O5. The Morgan fingerprint density at radius 3 is 2.73 bits per heavy atom. The van der Waals surface area contributed by atoms with Crippen molar-refractivity contribution in [2.75, 3.05) is 6.61 Å². The molecule has 2 aromatic rings. The fraction of sp³-hybridized carbons (Fsp3) is 0.308. The lowest BCUT2D eigenvalue weighted by molar-refractivity contribution is -0.386. The number of hydrogen-bond donors (Lipinski definition) is 1. The first-order chi connectivity index (χ1) is 10.4. The zero-order chi connectivity index (χ0) is 16.3. The van der Waals surface area contributed by atoms with E-state index in [4.69, 9.17) is 4.74 Å². The third-order valence-electron chi connectivity index (χ3n) is 3.07. The van der Waals surface area contributed by atoms with Crippen molar-refractivity contribution in [3.63, 3.8) is 0 Å². The van der Waals surface area contributed by atoms with Crippen molar-refractivity contribution in [2.45, 2.75) is 20.4 Å². The van der Waals surface area contributed by atoms with Crippen LogP contribution in [0.15, 0.2) is 18.3 Å². The molecule has 0 bridgehead atoms. The molecule has 0 aromatic carbocycles. The second-order valence-electron chi connectivity index (χ2n) is 4.60. The van der Waals surface area contributed by atoms with Crippen LogP contribution in [0.1, 0.15) is 21.9 Å². The third-order valence-corrected chi connectivity index (χ3v) is 3.07. The van der Waals surface area contributed by atoms with Gasteiger partial charge in [0.05, 0.1) is 10.6 Å². The number of nitrogens with one attached hydrogen (secondary N) is 1. The highest BCUT2D eigenvalue weighted by atomic mass is 16.6. The minimum Gasteiger partial charge on any atom is -0.456 e. The molecule has 0 aliphatic rings. The van der Waals surface area contributed by atoms with Gasteiger partial charge in [0.1, 0.15) is 17.9 Å². The molecule has 9 nitrogen and oxygen atoms in total. The zero-order valence-corrected chi connectivity index (χ0v) is 12.0. The van der Waals surface area contributed by atoms with Gasteiger partial charge in [-0.1, -0.05) is 0 Å². The molecule has 9 heteroatoms. The van der Waals surface area contributed by atoms with Crippen LogP contribution >= 0.6 is 0 Å². The summed E-state index contributed by atoms with van der Waals surface area (Å²) in [5.41, 5.74) is 0.692. The molecule has 0 saturated carbocycles. The van der Waals surface area contributed by atoms with Crippen LogP contribution in [0, 0.1) is 24.0 Å². The van der Waals surface area contributed by atoms with E-state index in [0.717, 1.165) is 0 Å². The van der Waals surface area contributed by atoms with Crippen LogP contribution in [-0.4, -0.2) is 38.0 Å². The molecule has 0 aliphatic heterocycles. The van der Waals surface area contributed by atoms with E-state index in [1.807, 2.05) is 0 Å². The number of ether oxygens (including phenoxy) is 1. The number of H-pyrrole nitrogens is 1. The fourth-order valence-corrected chi connectivity index (χ4v) is 2.00. The van der Waals surface area contributed by atoms with Crippen LogP contribution in [0.3, 0.4) is 0 Å². The van der Waals surface area contributed by atoms with E-state index in [1.165, 1.54) is 18.5 Å². The van der Waals surface area contributed by atoms with Gasteiger partial charge >= 0.3 is 11.7 Å². The predicted octanol–water partition coefficient (Wildman–Crippen LogP) is 1.16. The number of rotatable bonds is 6. The normalized spacial score (nSPS) is 10.5. The number of aryl methyl sites for hydroxylation is 1. The van der Waals surface area contributed by atoms with Crippen LogP contribution < -0.4 is 0 Å². The van der Waals surface area contributed by atoms with Gasteiger partial charge in [-0.3, -0.25) is 24.4 Å². The van der Waals surface area contributed by atoms with Crippen LogP contribution in [0.4, 0.5) is 5.69 Å². The van der Waals surface area contributed by atoms with E-state index in [0.29, 0.717) is 5.69 Å². The Morgan fingerprint density at radius 2 is 2.18 bits per heavy atom. The molecule has 2 heterocycles. The van der Waals surface area contributed by atoms with Crippen LogP contribution in [0.25, 0.3) is 0 Å². The maximum Gasteiger partial charge on any atom is 0.328 e. The average Bonchev–Trinajstić information content (AvgIpc) is 3.05. The van der Waals surface area contributed by atoms with Crippen molar-refractivity contribution in [3.8, 4) is 0 Å². The third kappa shape index (κ3) is 3.19. The highest BCUT2D eigenvalue weighted by Gasteiger charge is 2.23. The van der Waals surface area contributed by atoms with E-state index >= 15 is 0 Å². The topological polar surface area (TPSA) is 120 Å². The Balaban J connectivity index is 1.97. The van der Waals surface area contributed by atoms with Gasteiger partial charge in [0.15, 0.2) is 6.61 Å². The summed E-state index contributed by atoms with van der Waals surface area (Å²) in [6.07, 6.45) is 1.59. The van der Waals surface area contributed by atoms with Crippen molar-refractivity contribution < 1.29 is 19.2 Å². The smallest absolute Gasteiger partial charge is 0.328 e. The van der Waals surface area contributed by atoms with Crippen molar-refractivity contribution in [3.05, 3.63) is 45.5 Å². The first-order valence-corrected chi connectivity index (χ1v) is 6.40. The number of aromatic amines is 1. The molecule has 1 N–H and O–H groups in total. The second kappa shape index (κ2) is 6.20. The van der Waals surface area contributed by atoms with Gasteiger partial charge in [-0.15, -0.1) is 0 Å². The molecule has 0 fully saturated rings. The van der Waals surface area contributed by atoms with Gasteiger partial charge < -0.3 is 9.72 Å². The summed E-state index contributed by atoms with van der Waals surface area (Å²) < 4.78 is 6.05. The lowest BCUT2D eigenvalue weighted by atomic mass is 10.3. The summed E-state index contributed by atoms with van der Waals surface area (Å²) in [4.78, 5) is 36.4. The van der Waals surface area contributed by atoms with Gasteiger partial charge in [-0.2, -0.15) is 5.10 Å².